The number of rotatable bonds is 5. The predicted octanol–water partition coefficient (Wildman–Crippen LogP) is 2.76. The molecule has 0 spiro atoms. The van der Waals surface area contributed by atoms with Gasteiger partial charge in [0.2, 0.25) is 0 Å². The number of esters is 1. The van der Waals surface area contributed by atoms with Gasteiger partial charge in [0.1, 0.15) is 0 Å². The van der Waals surface area contributed by atoms with Gasteiger partial charge in [0, 0.05) is 16.7 Å². The lowest BCUT2D eigenvalue weighted by Gasteiger charge is -2.23. The molecule has 0 aliphatic rings. The van der Waals surface area contributed by atoms with Gasteiger partial charge < -0.3 is 10.5 Å². The van der Waals surface area contributed by atoms with Crippen LogP contribution < -0.4 is 5.73 Å². The zero-order chi connectivity index (χ0) is 15.4. The van der Waals surface area contributed by atoms with Crippen molar-refractivity contribution in [3.8, 4) is 0 Å². The molecule has 6 heteroatoms. The standard InChI is InChI=1S/C15H18BrN3O2/c1-3-21-15(20)11-8-18-19(9-11)14(10(2)17)12-6-4-5-7-13(12)16/h4-10,14H,3,17H2,1-2H3. The molecule has 0 aliphatic carbocycles. The highest BCUT2D eigenvalue weighted by atomic mass is 79.9. The molecule has 2 atom stereocenters. The molecule has 2 aromatic rings. The van der Waals surface area contributed by atoms with Crippen LogP contribution in [0.2, 0.25) is 0 Å². The van der Waals surface area contributed by atoms with Gasteiger partial charge in [-0.25, -0.2) is 4.79 Å². The van der Waals surface area contributed by atoms with Gasteiger partial charge in [-0.2, -0.15) is 5.10 Å². The molecule has 1 aromatic heterocycles. The summed E-state index contributed by atoms with van der Waals surface area (Å²) in [6.07, 6.45) is 3.18. The van der Waals surface area contributed by atoms with E-state index in [1.165, 1.54) is 6.20 Å². The summed E-state index contributed by atoms with van der Waals surface area (Å²) in [4.78, 5) is 11.7. The molecule has 2 unspecified atom stereocenters. The van der Waals surface area contributed by atoms with Crippen LogP contribution in [0.1, 0.15) is 35.8 Å². The molecule has 0 saturated heterocycles. The molecule has 112 valence electrons. The SMILES string of the molecule is CCOC(=O)c1cnn(C(c2ccccc2Br)C(C)N)c1. The van der Waals surface area contributed by atoms with Crippen molar-refractivity contribution < 1.29 is 9.53 Å². The van der Waals surface area contributed by atoms with E-state index in [4.69, 9.17) is 10.5 Å². The Morgan fingerprint density at radius 1 is 1.48 bits per heavy atom. The summed E-state index contributed by atoms with van der Waals surface area (Å²) in [5, 5.41) is 4.27. The zero-order valence-electron chi connectivity index (χ0n) is 12.0. The van der Waals surface area contributed by atoms with Crippen molar-refractivity contribution in [2.24, 2.45) is 5.73 Å². The van der Waals surface area contributed by atoms with Crippen LogP contribution in [0, 0.1) is 0 Å². The van der Waals surface area contributed by atoms with E-state index in [-0.39, 0.29) is 18.1 Å². The summed E-state index contributed by atoms with van der Waals surface area (Å²) in [5.41, 5.74) is 7.56. The third-order valence-corrected chi connectivity index (χ3v) is 3.84. The molecule has 1 aromatic carbocycles. The Labute approximate surface area is 132 Å². The van der Waals surface area contributed by atoms with Gasteiger partial charge in [0.25, 0.3) is 0 Å². The number of carbonyl (C=O) groups excluding carboxylic acids is 1. The number of hydrogen-bond acceptors (Lipinski definition) is 4. The van der Waals surface area contributed by atoms with Crippen molar-refractivity contribution in [3.63, 3.8) is 0 Å². The summed E-state index contributed by atoms with van der Waals surface area (Å²) in [5.74, 6) is -0.376. The molecule has 21 heavy (non-hydrogen) atoms. The minimum atomic E-state index is -0.376. The van der Waals surface area contributed by atoms with Gasteiger partial charge in [-0.15, -0.1) is 0 Å². The van der Waals surface area contributed by atoms with E-state index in [1.54, 1.807) is 17.8 Å². The number of halogens is 1. The number of nitrogens with zero attached hydrogens (tertiary/aromatic N) is 2. The monoisotopic (exact) mass is 351 g/mol. The van der Waals surface area contributed by atoms with E-state index in [1.807, 2.05) is 31.2 Å². The Kier molecular flexibility index (Phi) is 5.14. The zero-order valence-corrected chi connectivity index (χ0v) is 13.6. The maximum Gasteiger partial charge on any atom is 0.341 e. The van der Waals surface area contributed by atoms with Gasteiger partial charge in [-0.05, 0) is 25.5 Å². The van der Waals surface area contributed by atoms with Crippen molar-refractivity contribution in [3.05, 3.63) is 52.3 Å². The first kappa shape index (κ1) is 15.7. The molecule has 0 radical (unpaired) electrons. The fourth-order valence-electron chi connectivity index (χ4n) is 2.19. The summed E-state index contributed by atoms with van der Waals surface area (Å²) in [6.45, 7) is 4.02. The second-order valence-corrected chi connectivity index (χ2v) is 5.61. The summed E-state index contributed by atoms with van der Waals surface area (Å²) in [7, 11) is 0. The lowest BCUT2D eigenvalue weighted by molar-refractivity contribution is 0.0526. The third kappa shape index (κ3) is 3.51. The smallest absolute Gasteiger partial charge is 0.341 e. The summed E-state index contributed by atoms with van der Waals surface area (Å²) >= 11 is 3.53. The number of ether oxygens (including phenoxy) is 1. The van der Waals surface area contributed by atoms with Gasteiger partial charge >= 0.3 is 5.97 Å². The molecule has 2 N–H and O–H groups in total. The Bertz CT molecular complexity index is 625. The van der Waals surface area contributed by atoms with Gasteiger partial charge in [-0.1, -0.05) is 34.1 Å². The molecule has 0 amide bonds. The van der Waals surface area contributed by atoms with Crippen LogP contribution in [0.15, 0.2) is 41.1 Å². The number of nitrogens with two attached hydrogens (primary N) is 1. The molecular weight excluding hydrogens is 334 g/mol. The number of aromatic nitrogens is 2. The highest BCUT2D eigenvalue weighted by Crippen LogP contribution is 2.28. The topological polar surface area (TPSA) is 70.1 Å². The largest absolute Gasteiger partial charge is 0.462 e. The van der Waals surface area contributed by atoms with Gasteiger partial charge in [0.15, 0.2) is 0 Å². The normalized spacial score (nSPS) is 13.7. The highest BCUT2D eigenvalue weighted by molar-refractivity contribution is 9.10. The number of hydrogen-bond donors (Lipinski definition) is 1. The fourth-order valence-corrected chi connectivity index (χ4v) is 2.71. The molecular formula is C15H18BrN3O2. The van der Waals surface area contributed by atoms with E-state index >= 15 is 0 Å². The van der Waals surface area contributed by atoms with Crippen LogP contribution >= 0.6 is 15.9 Å². The first-order chi connectivity index (χ1) is 10.0. The molecule has 0 bridgehead atoms. The average molecular weight is 352 g/mol. The number of benzene rings is 1. The van der Waals surface area contributed by atoms with Crippen LogP contribution in [0.4, 0.5) is 0 Å². The Morgan fingerprint density at radius 2 is 2.19 bits per heavy atom. The van der Waals surface area contributed by atoms with Crippen LogP contribution in [-0.2, 0) is 4.74 Å². The molecule has 2 rings (SSSR count). The average Bonchev–Trinajstić information content (AvgIpc) is 2.91. The van der Waals surface area contributed by atoms with Crippen molar-refractivity contribution in [1.29, 1.82) is 0 Å². The Morgan fingerprint density at radius 3 is 2.81 bits per heavy atom. The Hall–Kier alpha value is -1.66. The second-order valence-electron chi connectivity index (χ2n) is 4.75. The molecule has 1 heterocycles. The lowest BCUT2D eigenvalue weighted by atomic mass is 10.0. The quantitative estimate of drug-likeness (QED) is 0.840. The molecule has 0 fully saturated rings. The maximum absolute atomic E-state index is 11.7. The molecule has 5 nitrogen and oxygen atoms in total. The fraction of sp³-hybridized carbons (Fsp3) is 0.333. The first-order valence-electron chi connectivity index (χ1n) is 6.76. The third-order valence-electron chi connectivity index (χ3n) is 3.12. The minimum Gasteiger partial charge on any atom is -0.462 e. The van der Waals surface area contributed by atoms with E-state index < -0.39 is 0 Å². The van der Waals surface area contributed by atoms with E-state index in [0.29, 0.717) is 12.2 Å². The lowest BCUT2D eigenvalue weighted by Crippen LogP contribution is -2.30. The maximum atomic E-state index is 11.7. The van der Waals surface area contributed by atoms with E-state index in [0.717, 1.165) is 10.0 Å². The summed E-state index contributed by atoms with van der Waals surface area (Å²) in [6, 6.07) is 7.51. The van der Waals surface area contributed by atoms with Crippen LogP contribution in [0.5, 0.6) is 0 Å². The minimum absolute atomic E-state index is 0.163. The molecule has 0 aliphatic heterocycles. The second kappa shape index (κ2) is 6.87. The highest BCUT2D eigenvalue weighted by Gasteiger charge is 2.22. The predicted molar refractivity (Wildman–Crippen MR) is 84.1 cm³/mol. The molecule has 0 saturated carbocycles. The Balaban J connectivity index is 2.36. The van der Waals surface area contributed by atoms with Crippen molar-refractivity contribution >= 4 is 21.9 Å². The van der Waals surface area contributed by atoms with Crippen LogP contribution in [-0.4, -0.2) is 28.4 Å². The van der Waals surface area contributed by atoms with Crippen molar-refractivity contribution in [2.75, 3.05) is 6.61 Å². The van der Waals surface area contributed by atoms with E-state index in [2.05, 4.69) is 21.0 Å². The van der Waals surface area contributed by atoms with Crippen LogP contribution in [0.3, 0.4) is 0 Å². The van der Waals surface area contributed by atoms with E-state index in [9.17, 15) is 4.79 Å². The van der Waals surface area contributed by atoms with Gasteiger partial charge in [0.05, 0.1) is 24.4 Å². The number of carbonyl (C=O) groups is 1. The summed E-state index contributed by atoms with van der Waals surface area (Å²) < 4.78 is 7.64. The van der Waals surface area contributed by atoms with Crippen molar-refractivity contribution in [1.82, 2.24) is 9.78 Å². The van der Waals surface area contributed by atoms with Gasteiger partial charge in [-0.3, -0.25) is 4.68 Å². The van der Waals surface area contributed by atoms with Crippen LogP contribution in [0.25, 0.3) is 0 Å². The van der Waals surface area contributed by atoms with Crippen molar-refractivity contribution in [2.45, 2.75) is 25.9 Å². The first-order valence-corrected chi connectivity index (χ1v) is 7.55.